The van der Waals surface area contributed by atoms with Gasteiger partial charge in [0.05, 0.1) is 5.92 Å². The molecule has 0 aliphatic carbocycles. The molecule has 0 spiro atoms. The van der Waals surface area contributed by atoms with Gasteiger partial charge in [-0.3, -0.25) is 9.59 Å². The normalized spacial score (nSPS) is 19.7. The summed E-state index contributed by atoms with van der Waals surface area (Å²) in [5.41, 5.74) is 0. The molecule has 0 saturated carbocycles. The number of urea groups is 1. The first-order chi connectivity index (χ1) is 7.54. The number of hydrogen-bond donors (Lipinski definition) is 3. The summed E-state index contributed by atoms with van der Waals surface area (Å²) in [5.74, 6) is -1.74. The topological polar surface area (TPSA) is 98.7 Å². The summed E-state index contributed by atoms with van der Waals surface area (Å²) in [5, 5.41) is 13.7. The van der Waals surface area contributed by atoms with E-state index in [-0.39, 0.29) is 24.9 Å². The summed E-state index contributed by atoms with van der Waals surface area (Å²) >= 11 is 0. The minimum atomic E-state index is -0.949. The van der Waals surface area contributed by atoms with Crippen LogP contribution < -0.4 is 10.6 Å². The maximum absolute atomic E-state index is 11.4. The van der Waals surface area contributed by atoms with Crippen LogP contribution in [0.5, 0.6) is 0 Å². The molecular weight excluding hydrogens is 214 g/mol. The number of carbonyl (C=O) groups excluding carboxylic acids is 2. The zero-order chi connectivity index (χ0) is 12.1. The highest BCUT2D eigenvalue weighted by Crippen LogP contribution is 2.16. The van der Waals surface area contributed by atoms with Crippen molar-refractivity contribution < 1.29 is 19.5 Å². The predicted octanol–water partition coefficient (Wildman–Crippen LogP) is -1.15. The number of amides is 3. The monoisotopic (exact) mass is 229 g/mol. The Labute approximate surface area is 92.8 Å². The fraction of sp³-hybridized carbons (Fsp3) is 0.667. The number of hydrogen-bond acceptors (Lipinski definition) is 3. The molecule has 0 aromatic rings. The van der Waals surface area contributed by atoms with E-state index in [1.165, 1.54) is 11.9 Å². The van der Waals surface area contributed by atoms with Gasteiger partial charge < -0.3 is 20.6 Å². The van der Waals surface area contributed by atoms with E-state index in [1.54, 1.807) is 0 Å². The number of carbonyl (C=O) groups is 3. The molecule has 7 nitrogen and oxygen atoms in total. The van der Waals surface area contributed by atoms with Gasteiger partial charge in [0.1, 0.15) is 0 Å². The lowest BCUT2D eigenvalue weighted by molar-refractivity contribution is -0.141. The van der Waals surface area contributed by atoms with E-state index in [4.69, 9.17) is 5.11 Å². The molecule has 1 aliphatic heterocycles. The minimum Gasteiger partial charge on any atom is -0.481 e. The van der Waals surface area contributed by atoms with Crippen LogP contribution in [0.15, 0.2) is 0 Å². The van der Waals surface area contributed by atoms with Gasteiger partial charge in [0.15, 0.2) is 0 Å². The smallest absolute Gasteiger partial charge is 0.314 e. The second-order valence-electron chi connectivity index (χ2n) is 3.58. The summed E-state index contributed by atoms with van der Waals surface area (Å²) in [4.78, 5) is 34.3. The summed E-state index contributed by atoms with van der Waals surface area (Å²) in [6.07, 6.45) is 0.0509. The Bertz CT molecular complexity index is 305. The van der Waals surface area contributed by atoms with Gasteiger partial charge in [0.2, 0.25) is 5.91 Å². The summed E-state index contributed by atoms with van der Waals surface area (Å²) < 4.78 is 0. The Balaban J connectivity index is 2.30. The van der Waals surface area contributed by atoms with Gasteiger partial charge >= 0.3 is 12.0 Å². The number of carboxylic acids is 1. The Kier molecular flexibility index (Phi) is 4.10. The van der Waals surface area contributed by atoms with Crippen molar-refractivity contribution in [1.29, 1.82) is 0 Å². The lowest BCUT2D eigenvalue weighted by atomic mass is 10.1. The molecule has 3 amide bonds. The number of nitrogens with one attached hydrogen (secondary N) is 2. The van der Waals surface area contributed by atoms with Crippen molar-refractivity contribution in [2.24, 2.45) is 5.92 Å². The van der Waals surface area contributed by atoms with Crippen LogP contribution in [-0.4, -0.2) is 54.6 Å². The standard InChI is InChI=1S/C9H15N3O4/c1-10-9(16)11-2-3-12-5-6(8(14)15)4-7(12)13/h6H,2-5H2,1H3,(H,14,15)(H2,10,11,16). The number of nitrogens with zero attached hydrogens (tertiary/aromatic N) is 1. The van der Waals surface area contributed by atoms with Gasteiger partial charge in [-0.2, -0.15) is 0 Å². The molecule has 0 aromatic carbocycles. The summed E-state index contributed by atoms with van der Waals surface area (Å²) in [6, 6.07) is -0.318. The molecule has 1 fully saturated rings. The van der Waals surface area contributed by atoms with E-state index < -0.39 is 11.9 Å². The molecule has 3 N–H and O–H groups in total. The molecule has 1 unspecified atom stereocenters. The lowest BCUT2D eigenvalue weighted by Crippen LogP contribution is -2.39. The highest BCUT2D eigenvalue weighted by molar-refractivity contribution is 5.86. The van der Waals surface area contributed by atoms with E-state index in [0.29, 0.717) is 13.1 Å². The second-order valence-corrected chi connectivity index (χ2v) is 3.58. The van der Waals surface area contributed by atoms with Crippen LogP contribution in [0.1, 0.15) is 6.42 Å². The third-order valence-corrected chi connectivity index (χ3v) is 2.46. The van der Waals surface area contributed by atoms with Crippen LogP contribution >= 0.6 is 0 Å². The molecule has 1 saturated heterocycles. The van der Waals surface area contributed by atoms with Crippen molar-refractivity contribution in [3.63, 3.8) is 0 Å². The van der Waals surface area contributed by atoms with Crippen LogP contribution in [0.25, 0.3) is 0 Å². The average molecular weight is 229 g/mol. The van der Waals surface area contributed by atoms with Crippen molar-refractivity contribution in [1.82, 2.24) is 15.5 Å². The molecule has 16 heavy (non-hydrogen) atoms. The molecule has 90 valence electrons. The third-order valence-electron chi connectivity index (χ3n) is 2.46. The van der Waals surface area contributed by atoms with E-state index in [1.807, 2.05) is 0 Å². The quantitative estimate of drug-likeness (QED) is 0.566. The molecule has 1 atom stereocenters. The van der Waals surface area contributed by atoms with E-state index in [9.17, 15) is 14.4 Å². The van der Waals surface area contributed by atoms with Gasteiger partial charge in [-0.1, -0.05) is 0 Å². The molecule has 1 rings (SSSR count). The minimum absolute atomic E-state index is 0.0509. The molecule has 1 heterocycles. The molecule has 0 radical (unpaired) electrons. The Morgan fingerprint density at radius 1 is 1.56 bits per heavy atom. The first kappa shape index (κ1) is 12.3. The Morgan fingerprint density at radius 2 is 2.25 bits per heavy atom. The third kappa shape index (κ3) is 3.11. The largest absolute Gasteiger partial charge is 0.481 e. The van der Waals surface area contributed by atoms with Crippen LogP contribution in [0.3, 0.4) is 0 Å². The number of rotatable bonds is 4. The first-order valence-corrected chi connectivity index (χ1v) is 5.00. The van der Waals surface area contributed by atoms with Gasteiger partial charge in [-0.15, -0.1) is 0 Å². The van der Waals surface area contributed by atoms with E-state index in [2.05, 4.69) is 10.6 Å². The fourth-order valence-corrected chi connectivity index (χ4v) is 1.55. The number of aliphatic carboxylic acids is 1. The first-order valence-electron chi connectivity index (χ1n) is 5.00. The van der Waals surface area contributed by atoms with Gasteiger partial charge in [0, 0.05) is 33.1 Å². The maximum Gasteiger partial charge on any atom is 0.314 e. The Hall–Kier alpha value is -1.79. The number of carboxylic acid groups (broad SMARTS) is 1. The molecule has 1 aliphatic rings. The van der Waals surface area contributed by atoms with Crippen molar-refractivity contribution in [3.8, 4) is 0 Å². The second kappa shape index (κ2) is 5.34. The SMILES string of the molecule is CNC(=O)NCCN1CC(C(=O)O)CC1=O. The van der Waals surface area contributed by atoms with Crippen molar-refractivity contribution in [2.45, 2.75) is 6.42 Å². The van der Waals surface area contributed by atoms with Gasteiger partial charge in [-0.05, 0) is 0 Å². The lowest BCUT2D eigenvalue weighted by Gasteiger charge is -2.15. The maximum atomic E-state index is 11.4. The fourth-order valence-electron chi connectivity index (χ4n) is 1.55. The van der Waals surface area contributed by atoms with Crippen molar-refractivity contribution in [2.75, 3.05) is 26.7 Å². The van der Waals surface area contributed by atoms with Crippen LogP contribution in [0.4, 0.5) is 4.79 Å². The molecular formula is C9H15N3O4. The predicted molar refractivity (Wildman–Crippen MR) is 54.8 cm³/mol. The zero-order valence-electron chi connectivity index (χ0n) is 9.02. The highest BCUT2D eigenvalue weighted by Gasteiger charge is 2.33. The average Bonchev–Trinajstić information content (AvgIpc) is 2.60. The van der Waals surface area contributed by atoms with Gasteiger partial charge in [0.25, 0.3) is 0 Å². The van der Waals surface area contributed by atoms with Gasteiger partial charge in [-0.25, -0.2) is 4.79 Å². The Morgan fingerprint density at radius 3 is 2.75 bits per heavy atom. The van der Waals surface area contributed by atoms with Crippen molar-refractivity contribution in [3.05, 3.63) is 0 Å². The molecule has 7 heteroatoms. The molecule has 0 bridgehead atoms. The summed E-state index contributed by atoms with van der Waals surface area (Å²) in [6.45, 7) is 0.886. The van der Waals surface area contributed by atoms with E-state index >= 15 is 0 Å². The zero-order valence-corrected chi connectivity index (χ0v) is 9.02. The number of likely N-dealkylation sites (tertiary alicyclic amines) is 1. The summed E-state index contributed by atoms with van der Waals surface area (Å²) in [7, 11) is 1.50. The highest BCUT2D eigenvalue weighted by atomic mass is 16.4. The van der Waals surface area contributed by atoms with Crippen LogP contribution in [-0.2, 0) is 9.59 Å². The van der Waals surface area contributed by atoms with E-state index in [0.717, 1.165) is 0 Å². The van der Waals surface area contributed by atoms with Crippen LogP contribution in [0.2, 0.25) is 0 Å². The van der Waals surface area contributed by atoms with Crippen molar-refractivity contribution >= 4 is 17.9 Å². The molecule has 0 aromatic heterocycles. The van der Waals surface area contributed by atoms with Crippen LogP contribution in [0, 0.1) is 5.92 Å².